The molecule has 0 aliphatic carbocycles. The fourth-order valence-corrected chi connectivity index (χ4v) is 3.33. The molecule has 4 nitrogen and oxygen atoms in total. The van der Waals surface area contributed by atoms with Crippen LogP contribution in [0.2, 0.25) is 0 Å². The van der Waals surface area contributed by atoms with Crippen molar-refractivity contribution in [2.45, 2.75) is 10.1 Å². The molecule has 0 fully saturated rings. The average Bonchev–Trinajstić information content (AvgIpc) is 2.89. The molecule has 1 aliphatic rings. The molecule has 0 saturated heterocycles. The van der Waals surface area contributed by atoms with E-state index in [9.17, 15) is 0 Å². The molecule has 0 amide bonds. The van der Waals surface area contributed by atoms with Crippen molar-refractivity contribution in [2.24, 2.45) is 0 Å². The first-order valence-corrected chi connectivity index (χ1v) is 7.40. The molecule has 0 spiro atoms. The van der Waals surface area contributed by atoms with E-state index in [4.69, 9.17) is 15.2 Å². The highest BCUT2D eigenvalue weighted by molar-refractivity contribution is 8.00. The van der Waals surface area contributed by atoms with E-state index in [-0.39, 0.29) is 0 Å². The van der Waals surface area contributed by atoms with Crippen LogP contribution in [0.4, 0.5) is 5.69 Å². The van der Waals surface area contributed by atoms with Crippen LogP contribution < -0.4 is 15.2 Å². The molecule has 0 saturated carbocycles. The fourth-order valence-electron chi connectivity index (χ4n) is 1.69. The van der Waals surface area contributed by atoms with Crippen LogP contribution in [0.5, 0.6) is 11.5 Å². The van der Waals surface area contributed by atoms with E-state index in [1.54, 1.807) is 29.3 Å². The van der Waals surface area contributed by atoms with Gasteiger partial charge in [-0.25, -0.2) is 4.98 Å². The van der Waals surface area contributed by atoms with E-state index >= 15 is 0 Å². The Balaban J connectivity index is 1.79. The molecule has 2 N–H and O–H groups in total. The van der Waals surface area contributed by atoms with E-state index in [1.807, 2.05) is 17.5 Å². The predicted molar refractivity (Wildman–Crippen MR) is 73.5 cm³/mol. The van der Waals surface area contributed by atoms with Crippen LogP contribution in [0.15, 0.2) is 28.0 Å². The third kappa shape index (κ3) is 2.39. The monoisotopic (exact) mass is 280 g/mol. The molecular formula is C12H12N2O2S2. The molecule has 1 aromatic carbocycles. The number of nitrogen functional groups attached to an aromatic ring is 1. The van der Waals surface area contributed by atoms with Crippen molar-refractivity contribution in [3.63, 3.8) is 0 Å². The summed E-state index contributed by atoms with van der Waals surface area (Å²) in [5, 5.41) is 1.97. The third-order valence-electron chi connectivity index (χ3n) is 2.56. The molecule has 0 unspecified atom stereocenters. The summed E-state index contributed by atoms with van der Waals surface area (Å²) < 4.78 is 12.1. The van der Waals surface area contributed by atoms with E-state index < -0.39 is 0 Å². The first kappa shape index (κ1) is 11.7. The standard InChI is InChI=1S/C12H12N2O2S2/c13-9-6-11-10(15-2-3-16-11)5-8(9)7-18-12-14-1-4-17-12/h1,4-6H,2-3,7,13H2. The van der Waals surface area contributed by atoms with Gasteiger partial charge in [-0.1, -0.05) is 11.8 Å². The molecule has 6 heteroatoms. The molecule has 2 heterocycles. The lowest BCUT2D eigenvalue weighted by atomic mass is 10.2. The molecular weight excluding hydrogens is 268 g/mol. The highest BCUT2D eigenvalue weighted by atomic mass is 32.2. The summed E-state index contributed by atoms with van der Waals surface area (Å²) >= 11 is 3.31. The Bertz CT molecular complexity index is 543. The van der Waals surface area contributed by atoms with Crippen molar-refractivity contribution >= 4 is 28.8 Å². The zero-order chi connectivity index (χ0) is 12.4. The molecule has 2 aromatic rings. The van der Waals surface area contributed by atoms with Crippen LogP contribution in [-0.2, 0) is 5.75 Å². The van der Waals surface area contributed by atoms with Gasteiger partial charge in [0.25, 0.3) is 0 Å². The number of thioether (sulfide) groups is 1. The Morgan fingerprint density at radius 3 is 2.78 bits per heavy atom. The van der Waals surface area contributed by atoms with Crippen LogP contribution in [0.1, 0.15) is 5.56 Å². The number of aromatic nitrogens is 1. The number of nitrogens with two attached hydrogens (primary N) is 1. The van der Waals surface area contributed by atoms with Crippen molar-refractivity contribution < 1.29 is 9.47 Å². The van der Waals surface area contributed by atoms with Crippen molar-refractivity contribution in [3.05, 3.63) is 29.3 Å². The summed E-state index contributed by atoms with van der Waals surface area (Å²) in [5.74, 6) is 2.31. The van der Waals surface area contributed by atoms with Gasteiger partial charge in [-0.2, -0.15) is 0 Å². The Morgan fingerprint density at radius 1 is 1.28 bits per heavy atom. The van der Waals surface area contributed by atoms with Crippen molar-refractivity contribution in [1.29, 1.82) is 0 Å². The zero-order valence-electron chi connectivity index (χ0n) is 9.59. The second-order valence-corrected chi connectivity index (χ2v) is 5.90. The number of benzene rings is 1. The van der Waals surface area contributed by atoms with Crippen LogP contribution >= 0.6 is 23.1 Å². The number of rotatable bonds is 3. The van der Waals surface area contributed by atoms with E-state index in [0.29, 0.717) is 13.2 Å². The number of thiazole rings is 1. The largest absolute Gasteiger partial charge is 0.486 e. The second kappa shape index (κ2) is 5.07. The number of nitrogens with zero attached hydrogens (tertiary/aromatic N) is 1. The van der Waals surface area contributed by atoms with Gasteiger partial charge >= 0.3 is 0 Å². The summed E-state index contributed by atoms with van der Waals surface area (Å²) in [7, 11) is 0. The molecule has 3 rings (SSSR count). The molecule has 1 aliphatic heterocycles. The Labute approximate surface area is 113 Å². The number of anilines is 1. The second-order valence-electron chi connectivity index (χ2n) is 3.78. The van der Waals surface area contributed by atoms with Crippen LogP contribution in [0, 0.1) is 0 Å². The molecule has 0 bridgehead atoms. The number of ether oxygens (including phenoxy) is 2. The molecule has 0 atom stereocenters. The Hall–Kier alpha value is -1.40. The highest BCUT2D eigenvalue weighted by Crippen LogP contribution is 2.36. The lowest BCUT2D eigenvalue weighted by Gasteiger charge is -2.20. The Morgan fingerprint density at radius 2 is 2.06 bits per heavy atom. The van der Waals surface area contributed by atoms with Gasteiger partial charge in [-0.3, -0.25) is 0 Å². The highest BCUT2D eigenvalue weighted by Gasteiger charge is 2.14. The van der Waals surface area contributed by atoms with Gasteiger partial charge in [-0.15, -0.1) is 11.3 Å². The minimum Gasteiger partial charge on any atom is -0.486 e. The predicted octanol–water partition coefficient (Wildman–Crippen LogP) is 2.79. The van der Waals surface area contributed by atoms with Crippen LogP contribution in [0.3, 0.4) is 0 Å². The Kier molecular flexibility index (Phi) is 3.29. The summed E-state index contributed by atoms with van der Waals surface area (Å²) in [5.41, 5.74) is 7.81. The molecule has 1 aromatic heterocycles. The topological polar surface area (TPSA) is 57.4 Å². The van der Waals surface area contributed by atoms with Gasteiger partial charge in [0.05, 0.1) is 0 Å². The fraction of sp³-hybridized carbons (Fsp3) is 0.250. The van der Waals surface area contributed by atoms with Gasteiger partial charge in [0, 0.05) is 29.1 Å². The smallest absolute Gasteiger partial charge is 0.163 e. The summed E-state index contributed by atoms with van der Waals surface area (Å²) in [6, 6.07) is 3.80. The summed E-state index contributed by atoms with van der Waals surface area (Å²) in [4.78, 5) is 4.23. The van der Waals surface area contributed by atoms with E-state index in [1.165, 1.54) is 0 Å². The number of hydrogen-bond donors (Lipinski definition) is 1. The zero-order valence-corrected chi connectivity index (χ0v) is 11.2. The molecule has 0 radical (unpaired) electrons. The van der Waals surface area contributed by atoms with Gasteiger partial charge in [-0.05, 0) is 11.6 Å². The minimum atomic E-state index is 0.583. The van der Waals surface area contributed by atoms with Gasteiger partial charge in [0.2, 0.25) is 0 Å². The lowest BCUT2D eigenvalue weighted by Crippen LogP contribution is -2.15. The van der Waals surface area contributed by atoms with Gasteiger partial charge in [0.15, 0.2) is 11.5 Å². The minimum absolute atomic E-state index is 0.583. The summed E-state index contributed by atoms with van der Waals surface area (Å²) in [6.45, 7) is 1.18. The number of hydrogen-bond acceptors (Lipinski definition) is 6. The number of fused-ring (bicyclic) bond motifs is 1. The van der Waals surface area contributed by atoms with Crippen molar-refractivity contribution in [1.82, 2.24) is 4.98 Å². The molecule has 18 heavy (non-hydrogen) atoms. The lowest BCUT2D eigenvalue weighted by molar-refractivity contribution is 0.171. The van der Waals surface area contributed by atoms with E-state index in [0.717, 1.165) is 32.8 Å². The van der Waals surface area contributed by atoms with Crippen molar-refractivity contribution in [3.8, 4) is 11.5 Å². The summed E-state index contributed by atoms with van der Waals surface area (Å²) in [6.07, 6.45) is 1.81. The van der Waals surface area contributed by atoms with Gasteiger partial charge < -0.3 is 15.2 Å². The SMILES string of the molecule is Nc1cc2c(cc1CSc1nccs1)OCCO2. The third-order valence-corrected chi connectivity index (χ3v) is 4.58. The molecule has 94 valence electrons. The van der Waals surface area contributed by atoms with Gasteiger partial charge in [0.1, 0.15) is 17.6 Å². The maximum atomic E-state index is 6.02. The maximum Gasteiger partial charge on any atom is 0.163 e. The average molecular weight is 280 g/mol. The maximum absolute atomic E-state index is 6.02. The first-order valence-electron chi connectivity index (χ1n) is 5.53. The first-order chi connectivity index (χ1) is 8.83. The normalized spacial score (nSPS) is 13.6. The van der Waals surface area contributed by atoms with Crippen molar-refractivity contribution in [2.75, 3.05) is 18.9 Å². The quantitative estimate of drug-likeness (QED) is 0.692. The van der Waals surface area contributed by atoms with Crippen LogP contribution in [0.25, 0.3) is 0 Å². The van der Waals surface area contributed by atoms with Crippen LogP contribution in [-0.4, -0.2) is 18.2 Å². The van der Waals surface area contributed by atoms with E-state index in [2.05, 4.69) is 4.98 Å².